The Bertz CT molecular complexity index is 919. The average Bonchev–Trinajstić information content (AvgIpc) is 2.54. The van der Waals surface area contributed by atoms with Crippen molar-refractivity contribution in [2.75, 3.05) is 12.4 Å². The van der Waals surface area contributed by atoms with E-state index in [4.69, 9.17) is 23.2 Å². The highest BCUT2D eigenvalue weighted by molar-refractivity contribution is 7.89. The lowest BCUT2D eigenvalue weighted by molar-refractivity contribution is -0.384. The third-order valence-electron chi connectivity index (χ3n) is 3.55. The van der Waals surface area contributed by atoms with Gasteiger partial charge in [-0.05, 0) is 43.8 Å². The third kappa shape index (κ3) is 4.40. The first kappa shape index (κ1) is 19.5. The average molecular weight is 404 g/mol. The van der Waals surface area contributed by atoms with Crippen LogP contribution in [0.4, 0.5) is 11.4 Å². The van der Waals surface area contributed by atoms with Crippen LogP contribution in [-0.4, -0.2) is 20.4 Å². The highest BCUT2D eigenvalue weighted by Gasteiger charge is 2.22. The van der Waals surface area contributed by atoms with Crippen molar-refractivity contribution in [3.05, 3.63) is 62.1 Å². The van der Waals surface area contributed by atoms with Gasteiger partial charge in [0.05, 0.1) is 15.9 Å². The Hall–Kier alpha value is -1.87. The Kier molecular flexibility index (Phi) is 5.89. The molecule has 7 nitrogen and oxygen atoms in total. The van der Waals surface area contributed by atoms with Crippen LogP contribution in [0.3, 0.4) is 0 Å². The number of hydrogen-bond donors (Lipinski definition) is 2. The Morgan fingerprint density at radius 3 is 2.40 bits per heavy atom. The fourth-order valence-corrected chi connectivity index (χ4v) is 3.56. The molecular formula is C15H15Cl2N3O4S. The molecule has 25 heavy (non-hydrogen) atoms. The van der Waals surface area contributed by atoms with Crippen LogP contribution in [-0.2, 0) is 10.0 Å². The molecule has 0 spiro atoms. The summed E-state index contributed by atoms with van der Waals surface area (Å²) in [4.78, 5) is 10.5. The standard InChI is InChI=1S/C15H15Cl2N3O4S/c1-9(12-5-3-10(16)7-13(12)17)19-14-6-4-11(25(23,24)18-2)8-15(14)20(21)22/h3-9,18-19H,1-2H3/t9-/m0/s1. The summed E-state index contributed by atoms with van der Waals surface area (Å²) in [6.07, 6.45) is 0. The number of nitro benzene ring substituents is 1. The first-order chi connectivity index (χ1) is 11.7. The molecular weight excluding hydrogens is 389 g/mol. The van der Waals surface area contributed by atoms with Crippen LogP contribution in [0.2, 0.25) is 10.0 Å². The second-order valence-electron chi connectivity index (χ2n) is 5.18. The fourth-order valence-electron chi connectivity index (χ4n) is 2.23. The Balaban J connectivity index is 2.40. The largest absolute Gasteiger partial charge is 0.373 e. The van der Waals surface area contributed by atoms with Crippen molar-refractivity contribution in [2.45, 2.75) is 17.9 Å². The predicted molar refractivity (Wildman–Crippen MR) is 97.8 cm³/mol. The summed E-state index contributed by atoms with van der Waals surface area (Å²) in [6, 6.07) is 8.24. The highest BCUT2D eigenvalue weighted by Crippen LogP contribution is 2.33. The zero-order chi connectivity index (χ0) is 18.8. The Labute approximate surface area is 155 Å². The van der Waals surface area contributed by atoms with Gasteiger partial charge in [0.25, 0.3) is 5.69 Å². The molecule has 0 bridgehead atoms. The van der Waals surface area contributed by atoms with Gasteiger partial charge in [-0.1, -0.05) is 29.3 Å². The van der Waals surface area contributed by atoms with E-state index >= 15 is 0 Å². The molecule has 134 valence electrons. The molecule has 0 aliphatic carbocycles. The van der Waals surface area contributed by atoms with Crippen LogP contribution in [0.25, 0.3) is 0 Å². The molecule has 0 fully saturated rings. The van der Waals surface area contributed by atoms with Crippen molar-refractivity contribution < 1.29 is 13.3 Å². The normalized spacial score (nSPS) is 12.6. The lowest BCUT2D eigenvalue weighted by Crippen LogP contribution is -2.19. The topological polar surface area (TPSA) is 101 Å². The second-order valence-corrected chi connectivity index (χ2v) is 7.91. The number of nitro groups is 1. The molecule has 0 aliphatic rings. The Morgan fingerprint density at radius 1 is 1.16 bits per heavy atom. The fraction of sp³-hybridized carbons (Fsp3) is 0.200. The van der Waals surface area contributed by atoms with Crippen LogP contribution in [0, 0.1) is 10.1 Å². The van der Waals surface area contributed by atoms with Crippen LogP contribution >= 0.6 is 23.2 Å². The molecule has 0 amide bonds. The van der Waals surface area contributed by atoms with E-state index in [9.17, 15) is 18.5 Å². The van der Waals surface area contributed by atoms with Gasteiger partial charge in [-0.15, -0.1) is 0 Å². The maximum absolute atomic E-state index is 11.8. The number of nitrogens with one attached hydrogen (secondary N) is 2. The van der Waals surface area contributed by atoms with Gasteiger partial charge in [-0.25, -0.2) is 13.1 Å². The van der Waals surface area contributed by atoms with Crippen molar-refractivity contribution in [3.8, 4) is 0 Å². The van der Waals surface area contributed by atoms with Crippen LogP contribution in [0.5, 0.6) is 0 Å². The van der Waals surface area contributed by atoms with Gasteiger partial charge < -0.3 is 5.32 Å². The monoisotopic (exact) mass is 403 g/mol. The molecule has 10 heteroatoms. The number of anilines is 1. The SMILES string of the molecule is CNS(=O)(=O)c1ccc(N[C@@H](C)c2ccc(Cl)cc2Cl)c([N+](=O)[O-])c1. The first-order valence-corrected chi connectivity index (χ1v) is 9.33. The molecule has 2 aromatic rings. The summed E-state index contributed by atoms with van der Waals surface area (Å²) in [7, 11) is -2.55. The van der Waals surface area contributed by atoms with Crippen molar-refractivity contribution >= 4 is 44.6 Å². The highest BCUT2D eigenvalue weighted by atomic mass is 35.5. The van der Waals surface area contributed by atoms with Crippen LogP contribution in [0.15, 0.2) is 41.3 Å². The number of benzene rings is 2. The van der Waals surface area contributed by atoms with Crippen LogP contribution < -0.4 is 10.0 Å². The van der Waals surface area contributed by atoms with Crippen LogP contribution in [0.1, 0.15) is 18.5 Å². The molecule has 0 saturated carbocycles. The van der Waals surface area contributed by atoms with Gasteiger partial charge in [0.2, 0.25) is 10.0 Å². The summed E-state index contributed by atoms with van der Waals surface area (Å²) in [5, 5.41) is 15.2. The number of sulfonamides is 1. The Morgan fingerprint density at radius 2 is 1.84 bits per heavy atom. The minimum atomic E-state index is -3.78. The summed E-state index contributed by atoms with van der Waals surface area (Å²) in [5.74, 6) is 0. The van der Waals surface area contributed by atoms with E-state index < -0.39 is 14.9 Å². The number of halogens is 2. The van der Waals surface area contributed by atoms with Gasteiger partial charge in [-0.2, -0.15) is 0 Å². The van der Waals surface area contributed by atoms with Gasteiger partial charge >= 0.3 is 0 Å². The number of nitrogens with zero attached hydrogens (tertiary/aromatic N) is 1. The lowest BCUT2D eigenvalue weighted by Gasteiger charge is -2.17. The summed E-state index contributed by atoms with van der Waals surface area (Å²) in [6.45, 7) is 1.77. The quantitative estimate of drug-likeness (QED) is 0.560. The zero-order valence-corrected chi connectivity index (χ0v) is 15.6. The molecule has 2 rings (SSSR count). The maximum Gasteiger partial charge on any atom is 0.293 e. The predicted octanol–water partition coefficient (Wildman–Crippen LogP) is 3.98. The third-order valence-corrected chi connectivity index (χ3v) is 5.52. The van der Waals surface area contributed by atoms with Crippen molar-refractivity contribution in [1.82, 2.24) is 4.72 Å². The minimum Gasteiger partial charge on any atom is -0.373 e. The molecule has 0 saturated heterocycles. The number of rotatable bonds is 6. The van der Waals surface area contributed by atoms with E-state index in [1.807, 2.05) is 0 Å². The van der Waals surface area contributed by atoms with E-state index in [1.54, 1.807) is 25.1 Å². The van der Waals surface area contributed by atoms with Crippen molar-refractivity contribution in [3.63, 3.8) is 0 Å². The van der Waals surface area contributed by atoms with Crippen molar-refractivity contribution in [2.24, 2.45) is 0 Å². The second kappa shape index (κ2) is 7.57. The maximum atomic E-state index is 11.8. The first-order valence-electron chi connectivity index (χ1n) is 7.09. The molecule has 0 unspecified atom stereocenters. The van der Waals surface area contributed by atoms with E-state index in [0.29, 0.717) is 15.6 Å². The molecule has 0 aliphatic heterocycles. The smallest absolute Gasteiger partial charge is 0.293 e. The van der Waals surface area contributed by atoms with E-state index in [0.717, 1.165) is 6.07 Å². The molecule has 1 atom stereocenters. The van der Waals surface area contributed by atoms with E-state index in [1.165, 1.54) is 19.2 Å². The van der Waals surface area contributed by atoms with Gasteiger partial charge in [0.15, 0.2) is 0 Å². The molecule has 2 N–H and O–H groups in total. The van der Waals surface area contributed by atoms with Gasteiger partial charge in [0, 0.05) is 16.1 Å². The van der Waals surface area contributed by atoms with E-state index in [2.05, 4.69) is 10.0 Å². The molecule has 0 heterocycles. The van der Waals surface area contributed by atoms with E-state index in [-0.39, 0.29) is 22.3 Å². The zero-order valence-electron chi connectivity index (χ0n) is 13.3. The number of hydrogen-bond acceptors (Lipinski definition) is 5. The summed E-state index contributed by atoms with van der Waals surface area (Å²) in [5.41, 5.74) is 0.527. The van der Waals surface area contributed by atoms with Gasteiger partial charge in [0.1, 0.15) is 5.69 Å². The van der Waals surface area contributed by atoms with Gasteiger partial charge in [-0.3, -0.25) is 10.1 Å². The minimum absolute atomic E-state index is 0.179. The lowest BCUT2D eigenvalue weighted by atomic mass is 10.1. The molecule has 0 radical (unpaired) electrons. The summed E-state index contributed by atoms with van der Waals surface area (Å²) >= 11 is 12.0. The summed E-state index contributed by atoms with van der Waals surface area (Å²) < 4.78 is 25.8. The molecule has 2 aromatic carbocycles. The molecule has 0 aromatic heterocycles. The van der Waals surface area contributed by atoms with Crippen molar-refractivity contribution in [1.29, 1.82) is 0 Å².